The number of nitrogens with one attached hydrogen (secondary N) is 3. The third kappa shape index (κ3) is 4.20. The number of nitrogens with zero attached hydrogens (tertiary/aromatic N) is 6. The molecule has 1 aromatic carbocycles. The molecule has 2 atom stereocenters. The fraction of sp³-hybridized carbons (Fsp3) is 0.500. The highest BCUT2D eigenvalue weighted by molar-refractivity contribution is 5.62. The molecule has 4 heterocycles. The first-order valence-corrected chi connectivity index (χ1v) is 11.4. The Hall–Kier alpha value is -3.54. The molecule has 0 saturated carbocycles. The third-order valence-corrected chi connectivity index (χ3v) is 6.68. The second kappa shape index (κ2) is 8.67. The van der Waals surface area contributed by atoms with Crippen molar-refractivity contribution >= 4 is 17.5 Å². The van der Waals surface area contributed by atoms with Crippen molar-refractivity contribution < 1.29 is 9.13 Å². The second-order valence-corrected chi connectivity index (χ2v) is 9.40. The summed E-state index contributed by atoms with van der Waals surface area (Å²) >= 11 is 0. The molecular weight excluding hydrogens is 441 g/mol. The Labute approximate surface area is 195 Å². The van der Waals surface area contributed by atoms with Crippen LogP contribution in [0.15, 0.2) is 29.2 Å². The number of piperidine rings is 1. The van der Waals surface area contributed by atoms with Crippen molar-refractivity contribution in [1.82, 2.24) is 35.1 Å². The molecule has 0 unspecified atom stereocenters. The van der Waals surface area contributed by atoms with Crippen molar-refractivity contribution in [2.24, 2.45) is 0 Å². The third-order valence-electron chi connectivity index (χ3n) is 6.68. The molecule has 0 bridgehead atoms. The molecule has 0 amide bonds. The van der Waals surface area contributed by atoms with Gasteiger partial charge in [0.25, 0.3) is 0 Å². The number of aromatic nitrogens is 6. The zero-order valence-electron chi connectivity index (χ0n) is 19.4. The number of ether oxygens (including phenoxy) is 1. The quantitative estimate of drug-likeness (QED) is 0.499. The van der Waals surface area contributed by atoms with Gasteiger partial charge in [-0.1, -0.05) is 0 Å². The Balaban J connectivity index is 1.36. The highest BCUT2D eigenvalue weighted by Gasteiger charge is 2.43. The molecule has 0 aliphatic carbocycles. The predicted octanol–water partition coefficient (Wildman–Crippen LogP) is 2.45. The number of hydrogen-bond acceptors (Lipinski definition) is 9. The topological polar surface area (TPSA) is 126 Å². The normalized spacial score (nSPS) is 21.8. The number of halogens is 1. The van der Waals surface area contributed by atoms with Crippen molar-refractivity contribution in [1.29, 1.82) is 0 Å². The summed E-state index contributed by atoms with van der Waals surface area (Å²) < 4.78 is 21.0. The summed E-state index contributed by atoms with van der Waals surface area (Å²) in [6, 6.07) is 5.71. The van der Waals surface area contributed by atoms with Crippen LogP contribution in [0.2, 0.25) is 0 Å². The van der Waals surface area contributed by atoms with Crippen LogP contribution in [0.1, 0.15) is 39.5 Å². The molecule has 180 valence electrons. The molecule has 2 aliphatic rings. The number of tetrazole rings is 1. The van der Waals surface area contributed by atoms with Crippen LogP contribution in [0.4, 0.5) is 21.8 Å². The minimum Gasteiger partial charge on any atom is -0.494 e. The van der Waals surface area contributed by atoms with Crippen LogP contribution in [0.25, 0.3) is 5.69 Å². The highest BCUT2D eigenvalue weighted by atomic mass is 19.1. The monoisotopic (exact) mass is 469 g/mol. The number of fused-ring (bicyclic) bond motifs is 1. The largest absolute Gasteiger partial charge is 0.494 e. The number of hydrogen-bond donors (Lipinski definition) is 3. The lowest BCUT2D eigenvalue weighted by Gasteiger charge is -2.47. The number of H-pyrrole nitrogens is 1. The zero-order valence-corrected chi connectivity index (χ0v) is 19.4. The number of rotatable bonds is 6. The van der Waals surface area contributed by atoms with Crippen LogP contribution in [-0.4, -0.2) is 66.4 Å². The molecule has 5 rings (SSSR count). The lowest BCUT2D eigenvalue weighted by molar-refractivity contribution is 0.0500. The van der Waals surface area contributed by atoms with Crippen LogP contribution in [0.3, 0.4) is 0 Å². The van der Waals surface area contributed by atoms with Crippen LogP contribution in [0, 0.1) is 5.82 Å². The first-order chi connectivity index (χ1) is 16.3. The fourth-order valence-corrected chi connectivity index (χ4v) is 5.26. The molecule has 2 aromatic heterocycles. The maximum atomic E-state index is 14.6. The molecule has 3 aromatic rings. The first-order valence-electron chi connectivity index (χ1n) is 11.4. The SMILES string of the molecule is COc1ccc(Nc2ncc(F)c(N[C@@H]3C[C@@H]4CCCN4C(C)(C)C3)n2)cc1-n1nn[nH]c1=O. The maximum absolute atomic E-state index is 14.6. The van der Waals surface area contributed by atoms with E-state index in [1.54, 1.807) is 18.2 Å². The van der Waals surface area contributed by atoms with Gasteiger partial charge in [-0.05, 0) is 74.7 Å². The molecule has 0 spiro atoms. The molecule has 0 radical (unpaired) electrons. The van der Waals surface area contributed by atoms with Gasteiger partial charge in [-0.25, -0.2) is 19.3 Å². The number of methoxy groups -OCH3 is 1. The summed E-state index contributed by atoms with van der Waals surface area (Å²) in [6.07, 6.45) is 5.41. The minimum atomic E-state index is -0.504. The lowest BCUT2D eigenvalue weighted by atomic mass is 9.84. The minimum absolute atomic E-state index is 0.0559. The maximum Gasteiger partial charge on any atom is 0.365 e. The van der Waals surface area contributed by atoms with Crippen LogP contribution in [-0.2, 0) is 0 Å². The Morgan fingerprint density at radius 2 is 2.18 bits per heavy atom. The standard InChI is InChI=1S/C22H28FN9O2/c1-22(2)11-14(9-15-5-4-8-31(15)22)25-19-16(23)12-24-20(27-19)26-13-6-7-18(34-3)17(10-13)32-21(33)28-29-30-32/h6-7,10,12,14-15H,4-5,8-9,11H2,1-3H3,(H,28,30,33)(H2,24,25,26,27)/t14-,15+/m1/s1. The van der Waals surface area contributed by atoms with Gasteiger partial charge >= 0.3 is 5.69 Å². The summed E-state index contributed by atoms with van der Waals surface area (Å²) in [6.45, 7) is 5.64. The Bertz CT molecular complexity index is 1240. The lowest BCUT2D eigenvalue weighted by Crippen LogP contribution is -2.55. The zero-order chi connectivity index (χ0) is 23.9. The van der Waals surface area contributed by atoms with Crippen molar-refractivity contribution in [3.63, 3.8) is 0 Å². The van der Waals surface area contributed by atoms with Crippen molar-refractivity contribution in [3.05, 3.63) is 40.7 Å². The van der Waals surface area contributed by atoms with Crippen molar-refractivity contribution in [2.45, 2.75) is 57.2 Å². The molecule has 34 heavy (non-hydrogen) atoms. The van der Waals surface area contributed by atoms with Crippen LogP contribution in [0.5, 0.6) is 5.75 Å². The molecule has 3 N–H and O–H groups in total. The van der Waals surface area contributed by atoms with Gasteiger partial charge in [-0.2, -0.15) is 9.67 Å². The van der Waals surface area contributed by atoms with Gasteiger partial charge in [0.05, 0.1) is 13.3 Å². The summed E-state index contributed by atoms with van der Waals surface area (Å²) in [5, 5.41) is 15.9. The van der Waals surface area contributed by atoms with Crippen molar-refractivity contribution in [3.8, 4) is 11.4 Å². The number of benzene rings is 1. The van der Waals surface area contributed by atoms with Gasteiger partial charge < -0.3 is 15.4 Å². The Morgan fingerprint density at radius 3 is 2.94 bits per heavy atom. The van der Waals surface area contributed by atoms with E-state index >= 15 is 0 Å². The summed E-state index contributed by atoms with van der Waals surface area (Å²) in [7, 11) is 1.50. The Morgan fingerprint density at radius 1 is 1.32 bits per heavy atom. The van der Waals surface area contributed by atoms with E-state index in [-0.39, 0.29) is 23.3 Å². The molecular formula is C22H28FN9O2. The summed E-state index contributed by atoms with van der Waals surface area (Å²) in [5.41, 5.74) is 0.512. The molecule has 12 heteroatoms. The van der Waals surface area contributed by atoms with E-state index in [0.717, 1.165) is 30.3 Å². The van der Waals surface area contributed by atoms with Gasteiger partial charge in [-0.3, -0.25) is 4.90 Å². The van der Waals surface area contributed by atoms with Gasteiger partial charge in [0, 0.05) is 23.3 Å². The van der Waals surface area contributed by atoms with Crippen LogP contribution < -0.4 is 21.1 Å². The molecule has 2 aliphatic heterocycles. The average Bonchev–Trinajstić information content (AvgIpc) is 3.45. The number of anilines is 3. The van der Waals surface area contributed by atoms with Gasteiger partial charge in [0.1, 0.15) is 11.4 Å². The average molecular weight is 470 g/mol. The predicted molar refractivity (Wildman–Crippen MR) is 124 cm³/mol. The van der Waals surface area contributed by atoms with E-state index in [4.69, 9.17) is 4.74 Å². The summed E-state index contributed by atoms with van der Waals surface area (Å²) in [5.74, 6) is 0.336. The van der Waals surface area contributed by atoms with E-state index in [2.05, 4.69) is 54.9 Å². The van der Waals surface area contributed by atoms with Crippen molar-refractivity contribution in [2.75, 3.05) is 24.3 Å². The molecule has 2 saturated heterocycles. The van der Waals surface area contributed by atoms with E-state index < -0.39 is 11.5 Å². The van der Waals surface area contributed by atoms with Gasteiger partial charge in [-0.15, -0.1) is 0 Å². The Kier molecular flexibility index (Phi) is 5.68. The van der Waals surface area contributed by atoms with E-state index in [1.807, 2.05) is 0 Å². The first kappa shape index (κ1) is 22.3. The smallest absolute Gasteiger partial charge is 0.365 e. The van der Waals surface area contributed by atoms with E-state index in [1.165, 1.54) is 20.0 Å². The van der Waals surface area contributed by atoms with E-state index in [0.29, 0.717) is 23.2 Å². The van der Waals surface area contributed by atoms with Gasteiger partial charge in [0.15, 0.2) is 11.6 Å². The molecule has 11 nitrogen and oxygen atoms in total. The van der Waals surface area contributed by atoms with Gasteiger partial charge in [0.2, 0.25) is 5.95 Å². The number of aromatic amines is 1. The second-order valence-electron chi connectivity index (χ2n) is 9.40. The van der Waals surface area contributed by atoms with E-state index in [9.17, 15) is 9.18 Å². The summed E-state index contributed by atoms with van der Waals surface area (Å²) in [4.78, 5) is 23.0. The fourth-order valence-electron chi connectivity index (χ4n) is 5.26. The molecule has 2 fully saturated rings. The van der Waals surface area contributed by atoms with Crippen LogP contribution >= 0.6 is 0 Å². The highest BCUT2D eigenvalue weighted by Crippen LogP contribution is 2.38.